The first-order chi connectivity index (χ1) is 14.6. The van der Waals surface area contributed by atoms with E-state index < -0.39 is 0 Å². The summed E-state index contributed by atoms with van der Waals surface area (Å²) in [6, 6.07) is 0. The Hall–Kier alpha value is -2.22. The molecule has 9 nitrogen and oxygen atoms in total. The number of rotatable bonds is 6. The Balaban J connectivity index is 0.000000233. The van der Waals surface area contributed by atoms with E-state index in [1.165, 1.54) is 43.4 Å². The minimum atomic E-state index is -0.159. The summed E-state index contributed by atoms with van der Waals surface area (Å²) in [5.74, 6) is 1.96. The summed E-state index contributed by atoms with van der Waals surface area (Å²) in [4.78, 5) is 44.5. The van der Waals surface area contributed by atoms with Gasteiger partial charge in [-0.1, -0.05) is 22.7 Å². The molecule has 2 amide bonds. The summed E-state index contributed by atoms with van der Waals surface area (Å²) in [6.07, 6.45) is 3.31. The average molecular weight is 500 g/mol. The van der Waals surface area contributed by atoms with Crippen LogP contribution in [-0.4, -0.2) is 31.9 Å². The standard InChI is InChI=1S/C11H13N3O2S2.C7H8N2O2S2/c1-6-7(2)16-9(13-6)5-17-10-4-12-11(18-10)14-8(3)15;1-4(10)9-7-8-3-6(13-7)12-5(2)11/h4H,5H2,1-3H3,(H,12,14,15);3H,1-2H3,(H,8,9,10). The van der Waals surface area contributed by atoms with Gasteiger partial charge in [0.2, 0.25) is 17.7 Å². The molecule has 0 saturated heterocycles. The molecule has 0 aliphatic rings. The molecular weight excluding hydrogens is 478 g/mol. The molecule has 0 aromatic carbocycles. The number of thiazole rings is 2. The number of hydrogen-bond donors (Lipinski definition) is 2. The van der Waals surface area contributed by atoms with Crippen LogP contribution >= 0.6 is 46.2 Å². The van der Waals surface area contributed by atoms with Crippen molar-refractivity contribution in [1.82, 2.24) is 15.0 Å². The summed E-state index contributed by atoms with van der Waals surface area (Å²) >= 11 is 5.43. The molecule has 2 N–H and O–H groups in total. The van der Waals surface area contributed by atoms with E-state index in [1.807, 2.05) is 13.8 Å². The fourth-order valence-corrected chi connectivity index (χ4v) is 5.43. The molecule has 0 atom stereocenters. The SMILES string of the molecule is CC(=O)Nc1ncc(SC(C)=O)s1.CC(=O)Nc1ncc(SCc2nc(C)c(C)o2)s1. The first-order valence-corrected chi connectivity index (χ1v) is 12.3. The normalized spacial score (nSPS) is 10.2. The van der Waals surface area contributed by atoms with Crippen molar-refractivity contribution in [3.05, 3.63) is 29.7 Å². The van der Waals surface area contributed by atoms with Crippen LogP contribution < -0.4 is 10.6 Å². The van der Waals surface area contributed by atoms with Crippen LogP contribution in [0.5, 0.6) is 0 Å². The van der Waals surface area contributed by atoms with Gasteiger partial charge >= 0.3 is 0 Å². The van der Waals surface area contributed by atoms with Crippen LogP contribution in [0.3, 0.4) is 0 Å². The van der Waals surface area contributed by atoms with Gasteiger partial charge in [-0.05, 0) is 25.6 Å². The van der Waals surface area contributed by atoms with Crippen LogP contribution in [0.1, 0.15) is 38.1 Å². The van der Waals surface area contributed by atoms with Gasteiger partial charge in [0.05, 0.1) is 32.3 Å². The van der Waals surface area contributed by atoms with Crippen LogP contribution in [-0.2, 0) is 20.1 Å². The zero-order valence-corrected chi connectivity index (χ0v) is 20.7. The molecule has 0 aliphatic heterocycles. The Kier molecular flexibility index (Phi) is 9.68. The third kappa shape index (κ3) is 9.21. The zero-order chi connectivity index (χ0) is 23.0. The number of oxazole rings is 1. The Morgan fingerprint density at radius 2 is 1.52 bits per heavy atom. The summed E-state index contributed by atoms with van der Waals surface area (Å²) in [7, 11) is 0. The molecule has 0 unspecified atom stereocenters. The molecule has 0 radical (unpaired) electrons. The molecule has 3 rings (SSSR count). The molecule has 166 valence electrons. The van der Waals surface area contributed by atoms with E-state index in [1.54, 1.807) is 24.2 Å². The van der Waals surface area contributed by atoms with E-state index in [9.17, 15) is 14.4 Å². The molecule has 3 aromatic rings. The lowest BCUT2D eigenvalue weighted by Crippen LogP contribution is -2.04. The highest BCUT2D eigenvalue weighted by Gasteiger charge is 2.09. The van der Waals surface area contributed by atoms with E-state index in [0.29, 0.717) is 21.9 Å². The number of aryl methyl sites for hydroxylation is 2. The van der Waals surface area contributed by atoms with Gasteiger partial charge in [-0.25, -0.2) is 15.0 Å². The van der Waals surface area contributed by atoms with Crippen LogP contribution in [0, 0.1) is 13.8 Å². The summed E-state index contributed by atoms with van der Waals surface area (Å²) in [5, 5.41) is 6.35. The van der Waals surface area contributed by atoms with Crippen molar-refractivity contribution >= 4 is 73.4 Å². The highest BCUT2D eigenvalue weighted by Crippen LogP contribution is 2.31. The second kappa shape index (κ2) is 12.0. The summed E-state index contributed by atoms with van der Waals surface area (Å²) < 4.78 is 7.30. The minimum Gasteiger partial charge on any atom is -0.445 e. The van der Waals surface area contributed by atoms with Crippen molar-refractivity contribution in [1.29, 1.82) is 0 Å². The zero-order valence-electron chi connectivity index (χ0n) is 17.5. The first kappa shape index (κ1) is 25.0. The fraction of sp³-hybridized carbons (Fsp3) is 0.333. The van der Waals surface area contributed by atoms with Gasteiger partial charge in [0.1, 0.15) is 5.76 Å². The van der Waals surface area contributed by atoms with E-state index >= 15 is 0 Å². The van der Waals surface area contributed by atoms with Crippen molar-refractivity contribution in [2.75, 3.05) is 10.6 Å². The number of hydrogen-bond acceptors (Lipinski definition) is 11. The number of anilines is 2. The Morgan fingerprint density at radius 3 is 2.00 bits per heavy atom. The highest BCUT2D eigenvalue weighted by molar-refractivity contribution is 8.15. The molecule has 0 aliphatic carbocycles. The molecule has 0 bridgehead atoms. The Morgan fingerprint density at radius 1 is 0.968 bits per heavy atom. The maximum atomic E-state index is 10.9. The number of nitrogens with one attached hydrogen (secondary N) is 2. The minimum absolute atomic E-state index is 0.0121. The van der Waals surface area contributed by atoms with Gasteiger partial charge in [0.25, 0.3) is 0 Å². The number of carbonyl (C=O) groups is 3. The Labute approximate surface area is 195 Å². The van der Waals surface area contributed by atoms with E-state index in [-0.39, 0.29) is 16.9 Å². The third-order valence-electron chi connectivity index (χ3n) is 3.19. The summed E-state index contributed by atoms with van der Waals surface area (Å²) in [6.45, 7) is 8.20. The quantitative estimate of drug-likeness (QED) is 0.462. The highest BCUT2D eigenvalue weighted by atomic mass is 32.2. The average Bonchev–Trinajstić information content (AvgIpc) is 3.35. The van der Waals surface area contributed by atoms with Gasteiger partial charge in [0, 0.05) is 20.8 Å². The third-order valence-corrected chi connectivity index (χ3v) is 7.08. The molecule has 3 heterocycles. The van der Waals surface area contributed by atoms with Crippen molar-refractivity contribution in [3.8, 4) is 0 Å². The lowest BCUT2D eigenvalue weighted by molar-refractivity contribution is -0.115. The molecule has 13 heteroatoms. The number of nitrogens with zero attached hydrogens (tertiary/aromatic N) is 3. The van der Waals surface area contributed by atoms with E-state index in [0.717, 1.165) is 31.6 Å². The van der Waals surface area contributed by atoms with Crippen LogP contribution in [0.4, 0.5) is 10.3 Å². The van der Waals surface area contributed by atoms with Crippen LogP contribution in [0.2, 0.25) is 0 Å². The molecule has 0 saturated carbocycles. The molecular formula is C18H21N5O4S4. The second-order valence-corrected chi connectivity index (χ2v) is 10.8. The Bertz CT molecular complexity index is 1010. The number of carbonyl (C=O) groups excluding carboxylic acids is 3. The number of aromatic nitrogens is 3. The van der Waals surface area contributed by atoms with Gasteiger partial charge in [0.15, 0.2) is 15.4 Å². The van der Waals surface area contributed by atoms with Crippen molar-refractivity contribution in [3.63, 3.8) is 0 Å². The number of thioether (sulfide) groups is 2. The van der Waals surface area contributed by atoms with Gasteiger partial charge < -0.3 is 15.1 Å². The second-order valence-electron chi connectivity index (χ2n) is 5.96. The first-order valence-electron chi connectivity index (χ1n) is 8.83. The van der Waals surface area contributed by atoms with E-state index in [4.69, 9.17) is 4.42 Å². The summed E-state index contributed by atoms with van der Waals surface area (Å²) in [5.41, 5.74) is 0.925. The van der Waals surface area contributed by atoms with Crippen molar-refractivity contribution in [2.24, 2.45) is 0 Å². The fourth-order valence-electron chi connectivity index (χ4n) is 1.92. The predicted octanol–water partition coefficient (Wildman–Crippen LogP) is 4.74. The maximum absolute atomic E-state index is 10.9. The topological polar surface area (TPSA) is 127 Å². The van der Waals surface area contributed by atoms with Gasteiger partial charge in [-0.2, -0.15) is 0 Å². The van der Waals surface area contributed by atoms with Crippen molar-refractivity contribution < 1.29 is 18.8 Å². The van der Waals surface area contributed by atoms with Crippen LogP contribution in [0.15, 0.2) is 25.2 Å². The van der Waals surface area contributed by atoms with E-state index in [2.05, 4.69) is 25.6 Å². The number of amides is 2. The predicted molar refractivity (Wildman–Crippen MR) is 125 cm³/mol. The monoisotopic (exact) mass is 499 g/mol. The van der Waals surface area contributed by atoms with Crippen molar-refractivity contribution in [2.45, 2.75) is 48.8 Å². The van der Waals surface area contributed by atoms with Gasteiger partial charge in [-0.15, -0.1) is 11.8 Å². The lowest BCUT2D eigenvalue weighted by atomic mass is 10.4. The smallest absolute Gasteiger partial charge is 0.223 e. The molecule has 0 fully saturated rings. The lowest BCUT2D eigenvalue weighted by Gasteiger charge is -1.93. The molecule has 31 heavy (non-hydrogen) atoms. The largest absolute Gasteiger partial charge is 0.445 e. The molecule has 3 aromatic heterocycles. The van der Waals surface area contributed by atoms with Gasteiger partial charge in [-0.3, -0.25) is 14.4 Å². The molecule has 0 spiro atoms. The van der Waals surface area contributed by atoms with Crippen LogP contribution in [0.25, 0.3) is 0 Å². The maximum Gasteiger partial charge on any atom is 0.223 e.